The van der Waals surface area contributed by atoms with E-state index in [1.165, 1.54) is 6.20 Å². The van der Waals surface area contributed by atoms with E-state index >= 15 is 0 Å². The van der Waals surface area contributed by atoms with Crippen molar-refractivity contribution in [1.29, 1.82) is 0 Å². The average molecular weight is 285 g/mol. The van der Waals surface area contributed by atoms with Gasteiger partial charge in [0.15, 0.2) is 5.82 Å². The zero-order valence-electron chi connectivity index (χ0n) is 5.14. The first-order valence-electron chi connectivity index (χ1n) is 2.61. The van der Waals surface area contributed by atoms with Crippen LogP contribution in [-0.4, -0.2) is 10.2 Å². The second-order valence-electron chi connectivity index (χ2n) is 1.76. The van der Waals surface area contributed by atoms with E-state index < -0.39 is 11.1 Å². The lowest BCUT2D eigenvalue weighted by molar-refractivity contribution is 0.107. The largest absolute Gasteiger partial charge is 0.275 e. The molecule has 0 amide bonds. The third kappa shape index (κ3) is 1.87. The average Bonchev–Trinajstić information content (AvgIpc) is 1.94. The number of hydrogen-bond acceptors (Lipinski definition) is 2. The summed E-state index contributed by atoms with van der Waals surface area (Å²) in [6, 6.07) is 0. The van der Waals surface area contributed by atoms with Crippen LogP contribution in [0.2, 0.25) is 0 Å². The molecule has 0 aliphatic carbocycles. The molecule has 0 aliphatic rings. The number of hydrogen-bond donors (Lipinski definition) is 0. The maximum Gasteiger partial charge on any atom is 0.256 e. The first-order valence-corrected chi connectivity index (χ1v) is 4.07. The molecule has 0 unspecified atom stereocenters. The van der Waals surface area contributed by atoms with Crippen molar-refractivity contribution < 1.29 is 9.18 Å². The van der Waals surface area contributed by atoms with Crippen molar-refractivity contribution in [2.75, 3.05) is 0 Å². The summed E-state index contributed by atoms with van der Waals surface area (Å²) in [5.41, 5.74) is -0.182. The van der Waals surface area contributed by atoms with Gasteiger partial charge in [-0.3, -0.25) is 9.78 Å². The third-order valence-electron chi connectivity index (χ3n) is 1.05. The second-order valence-corrected chi connectivity index (χ2v) is 3.26. The van der Waals surface area contributed by atoms with Gasteiger partial charge >= 0.3 is 0 Å². The maximum absolute atomic E-state index is 12.9. The zero-order chi connectivity index (χ0) is 8.43. The smallest absolute Gasteiger partial charge is 0.256 e. The summed E-state index contributed by atoms with van der Waals surface area (Å²) >= 11 is 6.79. The van der Waals surface area contributed by atoms with Crippen LogP contribution in [0.25, 0.3) is 0 Å². The van der Waals surface area contributed by atoms with Gasteiger partial charge in [-0.05, 0) is 34.2 Å². The van der Waals surface area contributed by atoms with Crippen molar-refractivity contribution >= 4 is 39.4 Å². The van der Waals surface area contributed by atoms with Crippen molar-refractivity contribution in [2.24, 2.45) is 0 Å². The number of nitrogens with zero attached hydrogens (tertiary/aromatic N) is 1. The fourth-order valence-corrected chi connectivity index (χ4v) is 1.14. The van der Waals surface area contributed by atoms with Crippen LogP contribution < -0.4 is 0 Å². The van der Waals surface area contributed by atoms with E-state index in [2.05, 4.69) is 4.98 Å². The summed E-state index contributed by atoms with van der Waals surface area (Å²) in [7, 11) is 0. The summed E-state index contributed by atoms with van der Waals surface area (Å²) in [5.74, 6) is -0.611. The Labute approximate surface area is 80.9 Å². The van der Waals surface area contributed by atoms with Crippen molar-refractivity contribution in [3.63, 3.8) is 0 Å². The predicted molar refractivity (Wildman–Crippen MR) is 47.1 cm³/mol. The van der Waals surface area contributed by atoms with Gasteiger partial charge in [-0.25, -0.2) is 4.39 Å². The number of pyridine rings is 1. The van der Waals surface area contributed by atoms with Gasteiger partial charge < -0.3 is 0 Å². The van der Waals surface area contributed by atoms with Gasteiger partial charge in [0.2, 0.25) is 0 Å². The minimum atomic E-state index is -0.825. The van der Waals surface area contributed by atoms with Crippen LogP contribution >= 0.6 is 34.2 Å². The highest BCUT2D eigenvalue weighted by atomic mass is 127. The zero-order valence-corrected chi connectivity index (χ0v) is 8.06. The Balaban J connectivity index is 3.27. The Morgan fingerprint density at radius 1 is 1.64 bits per heavy atom. The molecule has 2 nitrogen and oxygen atoms in total. The van der Waals surface area contributed by atoms with Gasteiger partial charge in [0.05, 0.1) is 9.13 Å². The van der Waals surface area contributed by atoms with E-state index in [0.717, 1.165) is 6.20 Å². The molecule has 1 aromatic rings. The Morgan fingerprint density at radius 2 is 2.27 bits per heavy atom. The van der Waals surface area contributed by atoms with E-state index in [9.17, 15) is 9.18 Å². The summed E-state index contributed by atoms with van der Waals surface area (Å²) in [4.78, 5) is 14.1. The van der Waals surface area contributed by atoms with Gasteiger partial charge in [0, 0.05) is 12.4 Å². The Kier molecular flexibility index (Phi) is 2.78. The standard InChI is InChI=1S/C6H2ClFINO/c7-6(11)3-1-10-2-4(9)5(3)8/h1-2H. The summed E-state index contributed by atoms with van der Waals surface area (Å²) in [5, 5.41) is -0.825. The van der Waals surface area contributed by atoms with Crippen molar-refractivity contribution in [3.05, 3.63) is 27.3 Å². The fraction of sp³-hybridized carbons (Fsp3) is 0. The Hall–Kier alpha value is -0.230. The normalized spacial score (nSPS) is 9.73. The summed E-state index contributed by atoms with van der Waals surface area (Å²) in [6.07, 6.45) is 2.42. The van der Waals surface area contributed by atoms with Crippen LogP contribution in [0.5, 0.6) is 0 Å². The SMILES string of the molecule is O=C(Cl)c1cncc(I)c1F. The highest BCUT2D eigenvalue weighted by Crippen LogP contribution is 2.14. The predicted octanol–water partition coefficient (Wildman–Crippen LogP) is 2.20. The molecule has 0 aliphatic heterocycles. The first-order chi connectivity index (χ1) is 5.13. The van der Waals surface area contributed by atoms with Crippen molar-refractivity contribution in [1.82, 2.24) is 4.98 Å². The van der Waals surface area contributed by atoms with E-state index in [4.69, 9.17) is 11.6 Å². The highest BCUT2D eigenvalue weighted by Gasteiger charge is 2.11. The van der Waals surface area contributed by atoms with Crippen LogP contribution in [0.4, 0.5) is 4.39 Å². The highest BCUT2D eigenvalue weighted by molar-refractivity contribution is 14.1. The lowest BCUT2D eigenvalue weighted by Gasteiger charge is -1.96. The van der Waals surface area contributed by atoms with Crippen molar-refractivity contribution in [2.45, 2.75) is 0 Å². The van der Waals surface area contributed by atoms with Crippen LogP contribution in [-0.2, 0) is 0 Å². The maximum atomic E-state index is 12.9. The second kappa shape index (κ2) is 3.44. The van der Waals surface area contributed by atoms with Crippen molar-refractivity contribution in [3.8, 4) is 0 Å². The van der Waals surface area contributed by atoms with E-state index in [1.807, 2.05) is 0 Å². The third-order valence-corrected chi connectivity index (χ3v) is 2.01. The molecule has 0 atom stereocenters. The lowest BCUT2D eigenvalue weighted by Crippen LogP contribution is -1.97. The quantitative estimate of drug-likeness (QED) is 0.585. The lowest BCUT2D eigenvalue weighted by atomic mass is 10.3. The van der Waals surface area contributed by atoms with E-state index in [0.29, 0.717) is 0 Å². The summed E-state index contributed by atoms with van der Waals surface area (Å²) < 4.78 is 13.2. The molecular weight excluding hydrogens is 283 g/mol. The number of halogens is 3. The van der Waals surface area contributed by atoms with Gasteiger partial charge in [-0.2, -0.15) is 0 Å². The molecule has 1 aromatic heterocycles. The molecule has 0 saturated carbocycles. The van der Waals surface area contributed by atoms with Crippen LogP contribution in [0.1, 0.15) is 10.4 Å². The molecule has 0 fully saturated rings. The van der Waals surface area contributed by atoms with Gasteiger partial charge in [-0.1, -0.05) is 0 Å². The number of aromatic nitrogens is 1. The van der Waals surface area contributed by atoms with Crippen LogP contribution in [0.3, 0.4) is 0 Å². The molecule has 0 radical (unpaired) electrons. The molecule has 0 bridgehead atoms. The van der Waals surface area contributed by atoms with Gasteiger partial charge in [-0.15, -0.1) is 0 Å². The molecule has 0 saturated heterocycles. The topological polar surface area (TPSA) is 30.0 Å². The summed E-state index contributed by atoms with van der Waals surface area (Å²) in [6.45, 7) is 0. The first kappa shape index (κ1) is 8.86. The molecule has 1 rings (SSSR count). The molecule has 0 spiro atoms. The molecule has 5 heteroatoms. The monoisotopic (exact) mass is 285 g/mol. The molecule has 0 N–H and O–H groups in total. The Morgan fingerprint density at radius 3 is 2.73 bits per heavy atom. The van der Waals surface area contributed by atoms with E-state index in [-0.39, 0.29) is 9.13 Å². The fourth-order valence-electron chi connectivity index (χ4n) is 0.556. The molecular formula is C6H2ClFINO. The minimum absolute atomic E-state index is 0.182. The van der Waals surface area contributed by atoms with Crippen LogP contribution in [0.15, 0.2) is 12.4 Å². The number of carbonyl (C=O) groups excluding carboxylic acids is 1. The van der Waals surface area contributed by atoms with Gasteiger partial charge in [0.25, 0.3) is 5.24 Å². The van der Waals surface area contributed by atoms with Crippen LogP contribution in [0, 0.1) is 9.39 Å². The number of rotatable bonds is 1. The molecule has 0 aromatic carbocycles. The minimum Gasteiger partial charge on any atom is -0.275 e. The Bertz CT molecular complexity index is 305. The van der Waals surface area contributed by atoms with E-state index in [1.54, 1.807) is 22.6 Å². The number of carbonyl (C=O) groups is 1. The molecule has 1 heterocycles. The molecule has 58 valence electrons. The molecule has 11 heavy (non-hydrogen) atoms. The van der Waals surface area contributed by atoms with Gasteiger partial charge in [0.1, 0.15) is 0 Å².